The number of ether oxygens (including phenoxy) is 1. The van der Waals surface area contributed by atoms with Crippen LogP contribution in [0.3, 0.4) is 0 Å². The molecule has 0 aliphatic heterocycles. The Morgan fingerprint density at radius 3 is 2.50 bits per heavy atom. The van der Waals surface area contributed by atoms with Crippen LogP contribution in [-0.4, -0.2) is 35.0 Å². The summed E-state index contributed by atoms with van der Waals surface area (Å²) in [5, 5.41) is 8.22. The van der Waals surface area contributed by atoms with Gasteiger partial charge in [-0.05, 0) is 73.3 Å². The first-order valence-corrected chi connectivity index (χ1v) is 8.00. The predicted molar refractivity (Wildman–Crippen MR) is 86.4 cm³/mol. The van der Waals surface area contributed by atoms with Gasteiger partial charge in [-0.25, -0.2) is 0 Å². The predicted octanol–water partition coefficient (Wildman–Crippen LogP) is 4.46. The first kappa shape index (κ1) is 17.6. The Bertz CT molecular complexity index is 334. The van der Waals surface area contributed by atoms with Crippen molar-refractivity contribution >= 4 is 5.71 Å². The molecule has 3 atom stereocenters. The number of nitrogens with one attached hydrogen (secondary N) is 1. The minimum Gasteiger partial charge on any atom is -0.358 e. The van der Waals surface area contributed by atoms with Crippen molar-refractivity contribution in [3.63, 3.8) is 0 Å². The summed E-state index contributed by atoms with van der Waals surface area (Å²) >= 11 is 0. The van der Waals surface area contributed by atoms with Gasteiger partial charge in [-0.15, -0.1) is 0 Å². The Morgan fingerprint density at radius 1 is 1.35 bits per heavy atom. The lowest BCUT2D eigenvalue weighted by molar-refractivity contribution is -0.144. The van der Waals surface area contributed by atoms with Gasteiger partial charge in [-0.3, -0.25) is 4.90 Å². The molecule has 118 valence electrons. The van der Waals surface area contributed by atoms with E-state index >= 15 is 0 Å². The van der Waals surface area contributed by atoms with Crippen molar-refractivity contribution in [1.82, 2.24) is 4.90 Å². The van der Waals surface area contributed by atoms with Crippen molar-refractivity contribution in [2.45, 2.75) is 91.0 Å². The molecule has 0 aromatic heterocycles. The molecule has 0 heterocycles. The van der Waals surface area contributed by atoms with E-state index in [4.69, 9.17) is 10.1 Å². The average molecular weight is 282 g/mol. The zero-order valence-electron chi connectivity index (χ0n) is 14.5. The summed E-state index contributed by atoms with van der Waals surface area (Å²) in [4.78, 5) is 2.34. The Labute approximate surface area is 125 Å². The van der Waals surface area contributed by atoms with Gasteiger partial charge in [0.2, 0.25) is 0 Å². The highest BCUT2D eigenvalue weighted by Gasteiger charge is 2.36. The molecular formula is C17H34N2O. The zero-order valence-corrected chi connectivity index (χ0v) is 14.5. The molecule has 3 nitrogen and oxygen atoms in total. The fourth-order valence-electron chi connectivity index (χ4n) is 3.09. The molecule has 1 saturated carbocycles. The van der Waals surface area contributed by atoms with Gasteiger partial charge in [0, 0.05) is 17.7 Å². The van der Waals surface area contributed by atoms with Crippen molar-refractivity contribution in [1.29, 1.82) is 5.41 Å². The lowest BCUT2D eigenvalue weighted by atomic mass is 9.80. The molecule has 3 unspecified atom stereocenters. The molecule has 0 aromatic carbocycles. The minimum atomic E-state index is -0.132. The molecule has 1 aliphatic rings. The van der Waals surface area contributed by atoms with Crippen LogP contribution in [0.2, 0.25) is 0 Å². The van der Waals surface area contributed by atoms with Gasteiger partial charge in [0.1, 0.15) is 6.23 Å². The third-order valence-electron chi connectivity index (χ3n) is 4.63. The van der Waals surface area contributed by atoms with Crippen molar-refractivity contribution < 1.29 is 4.74 Å². The van der Waals surface area contributed by atoms with Crippen LogP contribution in [0.15, 0.2) is 0 Å². The minimum absolute atomic E-state index is 0.0381. The van der Waals surface area contributed by atoms with Crippen LogP contribution in [0.5, 0.6) is 0 Å². The van der Waals surface area contributed by atoms with Crippen LogP contribution >= 0.6 is 0 Å². The number of rotatable bonds is 3. The number of hydrogen-bond acceptors (Lipinski definition) is 3. The van der Waals surface area contributed by atoms with E-state index in [1.165, 1.54) is 12.8 Å². The van der Waals surface area contributed by atoms with E-state index in [1.807, 2.05) is 0 Å². The van der Waals surface area contributed by atoms with Crippen molar-refractivity contribution in [2.75, 3.05) is 7.05 Å². The summed E-state index contributed by atoms with van der Waals surface area (Å²) in [6.45, 7) is 13.0. The maximum Gasteiger partial charge on any atom is 0.108 e. The number of hydrogen-bond donors (Lipinski definition) is 1. The van der Waals surface area contributed by atoms with Crippen molar-refractivity contribution in [3.05, 3.63) is 0 Å². The smallest absolute Gasteiger partial charge is 0.108 e. The van der Waals surface area contributed by atoms with Crippen LogP contribution in [-0.2, 0) is 4.74 Å². The fraction of sp³-hybridized carbons (Fsp3) is 0.941. The van der Waals surface area contributed by atoms with Crippen molar-refractivity contribution in [2.24, 2.45) is 5.92 Å². The fourth-order valence-corrected chi connectivity index (χ4v) is 3.09. The topological polar surface area (TPSA) is 36.3 Å². The molecule has 0 radical (unpaired) electrons. The molecule has 0 saturated heterocycles. The quantitative estimate of drug-likeness (QED) is 0.776. The van der Waals surface area contributed by atoms with Gasteiger partial charge in [-0.2, -0.15) is 0 Å². The molecular weight excluding hydrogens is 248 g/mol. The molecule has 1 fully saturated rings. The Balaban J connectivity index is 2.79. The molecule has 20 heavy (non-hydrogen) atoms. The van der Waals surface area contributed by atoms with Crippen molar-refractivity contribution in [3.8, 4) is 0 Å². The van der Waals surface area contributed by atoms with Crippen LogP contribution in [0.25, 0.3) is 0 Å². The molecule has 1 rings (SSSR count). The van der Waals surface area contributed by atoms with Gasteiger partial charge in [0.05, 0.1) is 5.60 Å². The lowest BCUT2D eigenvalue weighted by Crippen LogP contribution is -2.52. The Hall–Kier alpha value is -0.410. The van der Waals surface area contributed by atoms with Gasteiger partial charge >= 0.3 is 0 Å². The first-order chi connectivity index (χ1) is 9.03. The molecule has 1 aliphatic carbocycles. The van der Waals surface area contributed by atoms with Gasteiger partial charge < -0.3 is 10.1 Å². The molecule has 0 bridgehead atoms. The maximum atomic E-state index is 8.22. The van der Waals surface area contributed by atoms with E-state index in [0.29, 0.717) is 0 Å². The number of nitrogens with zero attached hydrogens (tertiary/aromatic N) is 1. The summed E-state index contributed by atoms with van der Waals surface area (Å²) in [7, 11) is 2.15. The largest absolute Gasteiger partial charge is 0.358 e. The summed E-state index contributed by atoms with van der Waals surface area (Å²) in [6.07, 6.45) is 5.46. The SMILES string of the molecule is CC1CCC(=N)CC(C)(N(C)C(C)OC(C)(C)C)CC1. The summed E-state index contributed by atoms with van der Waals surface area (Å²) in [5.74, 6) is 0.724. The van der Waals surface area contributed by atoms with E-state index in [2.05, 4.69) is 53.5 Å². The molecule has 3 heteroatoms. The summed E-state index contributed by atoms with van der Waals surface area (Å²) < 4.78 is 6.11. The molecule has 0 aromatic rings. The second kappa shape index (κ2) is 6.57. The maximum absolute atomic E-state index is 8.22. The highest BCUT2D eigenvalue weighted by molar-refractivity contribution is 5.82. The van der Waals surface area contributed by atoms with Gasteiger partial charge in [-0.1, -0.05) is 6.92 Å². The zero-order chi connectivity index (χ0) is 15.6. The van der Waals surface area contributed by atoms with Crippen LogP contribution in [0.1, 0.15) is 73.6 Å². The van der Waals surface area contributed by atoms with E-state index < -0.39 is 0 Å². The lowest BCUT2D eigenvalue weighted by Gasteiger charge is -2.45. The van der Waals surface area contributed by atoms with Crippen LogP contribution < -0.4 is 0 Å². The summed E-state index contributed by atoms with van der Waals surface area (Å²) in [5.41, 5.74) is 0.803. The highest BCUT2D eigenvalue weighted by atomic mass is 16.5. The van der Waals surface area contributed by atoms with E-state index in [0.717, 1.165) is 30.9 Å². The van der Waals surface area contributed by atoms with Crippen LogP contribution in [0, 0.1) is 11.3 Å². The third-order valence-corrected chi connectivity index (χ3v) is 4.63. The average Bonchev–Trinajstić information content (AvgIpc) is 2.29. The molecule has 0 amide bonds. The summed E-state index contributed by atoms with van der Waals surface area (Å²) in [6, 6.07) is 0. The normalized spacial score (nSPS) is 31.0. The van der Waals surface area contributed by atoms with E-state index in [-0.39, 0.29) is 17.4 Å². The van der Waals surface area contributed by atoms with Gasteiger partial charge in [0.25, 0.3) is 0 Å². The Morgan fingerprint density at radius 2 is 1.95 bits per heavy atom. The standard InChI is InChI=1S/C17H34N2O/c1-13-8-9-15(18)12-17(6,11-10-13)19(7)14(2)20-16(3,4)5/h13-14,18H,8-12H2,1-7H3. The molecule has 1 N–H and O–H groups in total. The highest BCUT2D eigenvalue weighted by Crippen LogP contribution is 2.33. The van der Waals surface area contributed by atoms with Crippen LogP contribution in [0.4, 0.5) is 0 Å². The molecule has 0 spiro atoms. The Kier molecular flexibility index (Phi) is 5.79. The first-order valence-electron chi connectivity index (χ1n) is 8.00. The second-order valence-electron chi connectivity index (χ2n) is 7.90. The third kappa shape index (κ3) is 5.17. The van der Waals surface area contributed by atoms with E-state index in [1.54, 1.807) is 0 Å². The van der Waals surface area contributed by atoms with E-state index in [9.17, 15) is 0 Å². The monoisotopic (exact) mass is 282 g/mol. The second-order valence-corrected chi connectivity index (χ2v) is 7.90. The van der Waals surface area contributed by atoms with Gasteiger partial charge in [0.15, 0.2) is 0 Å².